The van der Waals surface area contributed by atoms with Gasteiger partial charge < -0.3 is 15.4 Å². The maximum absolute atomic E-state index is 13.7. The molecule has 7 nitrogen and oxygen atoms in total. The van der Waals surface area contributed by atoms with Crippen LogP contribution in [-0.4, -0.2) is 33.1 Å². The Morgan fingerprint density at radius 1 is 1.26 bits per heavy atom. The van der Waals surface area contributed by atoms with Gasteiger partial charge in [0, 0.05) is 23.5 Å². The van der Waals surface area contributed by atoms with Gasteiger partial charge in [-0.2, -0.15) is 0 Å². The zero-order valence-electron chi connectivity index (χ0n) is 18.3. The number of imidazole rings is 1. The van der Waals surface area contributed by atoms with Gasteiger partial charge in [0.05, 0.1) is 23.9 Å². The van der Waals surface area contributed by atoms with Crippen molar-refractivity contribution in [2.45, 2.75) is 43.1 Å². The van der Waals surface area contributed by atoms with Gasteiger partial charge in [0.2, 0.25) is 5.91 Å². The number of benzene rings is 1. The summed E-state index contributed by atoms with van der Waals surface area (Å²) in [5.74, 6) is -0.108. The van der Waals surface area contributed by atoms with E-state index < -0.39 is 6.43 Å². The summed E-state index contributed by atoms with van der Waals surface area (Å²) in [5.41, 5.74) is 3.14. The second-order valence-corrected chi connectivity index (χ2v) is 11.2. The summed E-state index contributed by atoms with van der Waals surface area (Å²) in [6.45, 7) is 0.774. The van der Waals surface area contributed by atoms with E-state index >= 15 is 0 Å². The van der Waals surface area contributed by atoms with Crippen LogP contribution in [0.3, 0.4) is 0 Å². The summed E-state index contributed by atoms with van der Waals surface area (Å²) in [4.78, 5) is 22.1. The predicted octanol–water partition coefficient (Wildman–Crippen LogP) is 6.83. The van der Waals surface area contributed by atoms with Crippen LogP contribution in [0, 0.1) is 5.92 Å². The second-order valence-electron chi connectivity index (χ2n) is 8.27. The van der Waals surface area contributed by atoms with Crippen LogP contribution in [-0.2, 0) is 9.53 Å². The third-order valence-electron chi connectivity index (χ3n) is 5.92. The third-order valence-corrected chi connectivity index (χ3v) is 8.75. The van der Waals surface area contributed by atoms with Crippen molar-refractivity contribution in [3.05, 3.63) is 35.7 Å². The van der Waals surface area contributed by atoms with Crippen LogP contribution < -0.4 is 10.6 Å². The first-order valence-electron chi connectivity index (χ1n) is 10.9. The lowest BCUT2D eigenvalue weighted by Crippen LogP contribution is -2.14. The molecule has 0 spiro atoms. The van der Waals surface area contributed by atoms with Crippen LogP contribution in [0.25, 0.3) is 11.2 Å². The zero-order valence-corrected chi connectivity index (χ0v) is 22.3. The standard InChI is InChI=1S/C22H23F2IN5O2PS/c1-34-16-9-12(15-3-2-8-32-15)6-7-13(16)26-14-10-17(28-22(31)11-4-5-11)27-20-18(14)29-21(19(23)24)30(20)33-25/h6-7,9-11,15,19,33H,2-5,8H2,1H3,(H2,26,27,28,31). The molecule has 3 heterocycles. The van der Waals surface area contributed by atoms with Crippen LogP contribution >= 0.6 is 40.2 Å². The molecule has 1 aromatic carbocycles. The molecule has 1 amide bonds. The minimum atomic E-state index is -2.73. The molecule has 2 N–H and O–H groups in total. The first kappa shape index (κ1) is 24.1. The van der Waals surface area contributed by atoms with E-state index in [0.29, 0.717) is 22.7 Å². The third kappa shape index (κ3) is 4.89. The zero-order chi connectivity index (χ0) is 23.8. The molecular formula is C22H23F2IN5O2PS. The molecule has 1 aliphatic carbocycles. The molecule has 12 heteroatoms. The van der Waals surface area contributed by atoms with Crippen LogP contribution in [0.1, 0.15) is 49.6 Å². The number of nitrogens with one attached hydrogen (secondary N) is 2. The lowest BCUT2D eigenvalue weighted by Gasteiger charge is -2.16. The SMILES string of the molecule is CSc1cc(C2CCCO2)ccc1Nc1cc(NC(=O)C2CC2)nc2c1nc(C(F)F)n2PI. The summed E-state index contributed by atoms with van der Waals surface area (Å²) in [7, 11) is 0. The van der Waals surface area contributed by atoms with E-state index in [0.717, 1.165) is 48.4 Å². The number of carbonyl (C=O) groups is 1. The van der Waals surface area contributed by atoms with Gasteiger partial charge in [0.15, 0.2) is 11.5 Å². The Kier molecular flexibility index (Phi) is 7.25. The number of anilines is 3. The predicted molar refractivity (Wildman–Crippen MR) is 141 cm³/mol. The molecule has 0 radical (unpaired) electrons. The first-order valence-corrected chi connectivity index (χ1v) is 16.2. The maximum atomic E-state index is 13.7. The van der Waals surface area contributed by atoms with Crippen molar-refractivity contribution in [3.8, 4) is 0 Å². The number of hydrogen-bond donors (Lipinski definition) is 2. The number of hydrogen-bond acceptors (Lipinski definition) is 6. The molecule has 5 rings (SSSR count). The summed E-state index contributed by atoms with van der Waals surface area (Å²) in [6.07, 6.45) is 3.11. The topological polar surface area (TPSA) is 81.1 Å². The normalized spacial score (nSPS) is 18.4. The molecule has 3 aromatic rings. The van der Waals surface area contributed by atoms with E-state index in [1.807, 2.05) is 40.4 Å². The molecule has 2 atom stereocenters. The molecule has 180 valence electrons. The number of rotatable bonds is 8. The van der Waals surface area contributed by atoms with E-state index in [2.05, 4.69) is 26.7 Å². The number of nitrogens with zero attached hydrogens (tertiary/aromatic N) is 3. The molecule has 34 heavy (non-hydrogen) atoms. The van der Waals surface area contributed by atoms with Crippen LogP contribution in [0.15, 0.2) is 29.2 Å². The number of alkyl halides is 2. The average Bonchev–Trinajstić information content (AvgIpc) is 3.40. The summed E-state index contributed by atoms with van der Waals surface area (Å²) < 4.78 is 34.7. The Hall–Kier alpha value is -1.56. The number of thioether (sulfide) groups is 1. The highest BCUT2D eigenvalue weighted by Crippen LogP contribution is 2.40. The minimum Gasteiger partial charge on any atom is -0.374 e. The molecule has 1 saturated carbocycles. The fraction of sp³-hybridized carbons (Fsp3) is 0.409. The Morgan fingerprint density at radius 2 is 2.09 bits per heavy atom. The molecule has 2 aliphatic rings. The van der Waals surface area contributed by atoms with Crippen molar-refractivity contribution >= 4 is 74.4 Å². The Labute approximate surface area is 214 Å². The van der Waals surface area contributed by atoms with Gasteiger partial charge in [0.25, 0.3) is 6.43 Å². The Morgan fingerprint density at radius 3 is 2.74 bits per heavy atom. The van der Waals surface area contributed by atoms with E-state index in [1.54, 1.807) is 17.8 Å². The number of halogens is 3. The maximum Gasteiger partial charge on any atom is 0.295 e. The summed E-state index contributed by atoms with van der Waals surface area (Å²) in [6, 6.07) is 7.78. The highest BCUT2D eigenvalue weighted by Gasteiger charge is 2.30. The molecule has 1 aliphatic heterocycles. The lowest BCUT2D eigenvalue weighted by molar-refractivity contribution is -0.117. The fourth-order valence-corrected chi connectivity index (χ4v) is 6.51. The number of carbonyl (C=O) groups excluding carboxylic acids is 1. The number of ether oxygens (including phenoxy) is 1. The van der Waals surface area contributed by atoms with Crippen molar-refractivity contribution in [2.24, 2.45) is 5.92 Å². The average molecular weight is 617 g/mol. The Balaban J connectivity index is 1.56. The van der Waals surface area contributed by atoms with Crippen molar-refractivity contribution in [1.29, 1.82) is 0 Å². The first-order chi connectivity index (χ1) is 16.5. The van der Waals surface area contributed by atoms with E-state index in [-0.39, 0.29) is 30.1 Å². The number of aromatic nitrogens is 3. The number of fused-ring (bicyclic) bond motifs is 1. The highest BCUT2D eigenvalue weighted by atomic mass is 127. The van der Waals surface area contributed by atoms with E-state index in [1.165, 1.54) is 4.34 Å². The van der Waals surface area contributed by atoms with Crippen LogP contribution in [0.2, 0.25) is 0 Å². The number of amides is 1. The van der Waals surface area contributed by atoms with Gasteiger partial charge in [-0.1, -0.05) is 6.07 Å². The molecule has 2 fully saturated rings. The van der Waals surface area contributed by atoms with Crippen LogP contribution in [0.5, 0.6) is 0 Å². The van der Waals surface area contributed by atoms with Gasteiger partial charge in [-0.15, -0.1) is 11.8 Å². The van der Waals surface area contributed by atoms with E-state index in [9.17, 15) is 13.6 Å². The summed E-state index contributed by atoms with van der Waals surface area (Å²) >= 11 is 3.63. The second kappa shape index (κ2) is 10.2. The number of pyridine rings is 1. The van der Waals surface area contributed by atoms with Gasteiger partial charge in [-0.25, -0.2) is 18.7 Å². The van der Waals surface area contributed by atoms with E-state index in [4.69, 9.17) is 4.74 Å². The molecule has 0 bridgehead atoms. The van der Waals surface area contributed by atoms with Gasteiger partial charge in [0.1, 0.15) is 11.3 Å². The van der Waals surface area contributed by atoms with Gasteiger partial charge in [-0.3, -0.25) is 9.13 Å². The Bertz CT molecular complexity index is 1230. The fourth-order valence-electron chi connectivity index (χ4n) is 4.02. The molecule has 2 aromatic heterocycles. The highest BCUT2D eigenvalue weighted by molar-refractivity contribution is 14.2. The van der Waals surface area contributed by atoms with Gasteiger partial charge in [-0.05, 0) is 71.7 Å². The van der Waals surface area contributed by atoms with Crippen molar-refractivity contribution in [1.82, 2.24) is 14.3 Å². The molecular weight excluding hydrogens is 594 g/mol. The largest absolute Gasteiger partial charge is 0.374 e. The quantitative estimate of drug-likeness (QED) is 0.164. The molecule has 1 saturated heterocycles. The van der Waals surface area contributed by atoms with Gasteiger partial charge >= 0.3 is 0 Å². The molecule has 2 unspecified atom stereocenters. The van der Waals surface area contributed by atoms with Crippen molar-refractivity contribution in [3.63, 3.8) is 0 Å². The summed E-state index contributed by atoms with van der Waals surface area (Å²) in [5, 5.41) is 6.22. The smallest absolute Gasteiger partial charge is 0.295 e. The van der Waals surface area contributed by atoms with Crippen molar-refractivity contribution < 1.29 is 18.3 Å². The van der Waals surface area contributed by atoms with Crippen LogP contribution in [0.4, 0.5) is 26.0 Å². The monoisotopic (exact) mass is 617 g/mol. The lowest BCUT2D eigenvalue weighted by atomic mass is 10.1. The van der Waals surface area contributed by atoms with Crippen molar-refractivity contribution in [2.75, 3.05) is 23.5 Å². The minimum absolute atomic E-state index is 0.00432.